The average Bonchev–Trinajstić information content (AvgIpc) is 2.50. The summed E-state index contributed by atoms with van der Waals surface area (Å²) in [4.78, 5) is 0. The molecule has 0 saturated heterocycles. The molecule has 4 atom stereocenters. The molecule has 4 aliphatic rings. The third-order valence-electron chi connectivity index (χ3n) is 6.20. The van der Waals surface area contributed by atoms with Gasteiger partial charge in [0.15, 0.2) is 0 Å². The molecule has 4 rings (SSSR count). The number of rotatable bonds is 9. The number of hydrogen-bond acceptors (Lipinski definition) is 4. The van der Waals surface area contributed by atoms with Gasteiger partial charge >= 0.3 is 0 Å². The van der Waals surface area contributed by atoms with Gasteiger partial charge < -0.3 is 9.47 Å². The highest BCUT2D eigenvalue weighted by molar-refractivity contribution is 5.07. The van der Waals surface area contributed by atoms with Crippen molar-refractivity contribution in [3.63, 3.8) is 0 Å². The first-order chi connectivity index (χ1) is 11.2. The maximum absolute atomic E-state index is 8.66. The second-order valence-corrected chi connectivity index (χ2v) is 8.19. The zero-order valence-corrected chi connectivity index (χ0v) is 14.1. The molecule has 4 heteroatoms. The Labute approximate surface area is 139 Å². The zero-order chi connectivity index (χ0) is 16.2. The van der Waals surface area contributed by atoms with Gasteiger partial charge in [0.2, 0.25) is 0 Å². The van der Waals surface area contributed by atoms with Crippen molar-refractivity contribution in [2.45, 2.75) is 57.8 Å². The number of ether oxygens (including phenoxy) is 2. The SMILES string of the molecule is N#CCCOCCC12C[C@H]3C[C@@H](C1)CC(COCCC#N)(C3)C2. The van der Waals surface area contributed by atoms with Crippen molar-refractivity contribution in [2.24, 2.45) is 22.7 Å². The van der Waals surface area contributed by atoms with E-state index in [1.165, 1.54) is 38.5 Å². The second-order valence-electron chi connectivity index (χ2n) is 8.19. The fraction of sp³-hybridized carbons (Fsp3) is 0.895. The summed E-state index contributed by atoms with van der Waals surface area (Å²) in [5.74, 6) is 1.74. The van der Waals surface area contributed by atoms with Crippen LogP contribution in [0.4, 0.5) is 0 Å². The Hall–Kier alpha value is -1.10. The molecule has 0 N–H and O–H groups in total. The summed E-state index contributed by atoms with van der Waals surface area (Å²) in [6.07, 6.45) is 10.2. The fourth-order valence-electron chi connectivity index (χ4n) is 6.03. The zero-order valence-electron chi connectivity index (χ0n) is 14.1. The first-order valence-electron chi connectivity index (χ1n) is 9.09. The molecule has 0 spiro atoms. The largest absolute Gasteiger partial charge is 0.380 e. The molecule has 0 radical (unpaired) electrons. The van der Waals surface area contributed by atoms with E-state index in [1.807, 2.05) is 0 Å². The highest BCUT2D eigenvalue weighted by atomic mass is 16.5. The standard InChI is InChI=1S/C19H28N2O2/c20-4-1-6-22-8-3-18-10-16-9-17(11-18)13-19(12-16,14-18)15-23-7-2-5-21/h16-17H,1-3,6-15H2/t16-,17+,18?,19?. The molecule has 2 unspecified atom stereocenters. The van der Waals surface area contributed by atoms with Gasteiger partial charge in [-0.05, 0) is 67.6 Å². The van der Waals surface area contributed by atoms with Crippen LogP contribution in [-0.4, -0.2) is 26.4 Å². The molecule has 4 aliphatic carbocycles. The van der Waals surface area contributed by atoms with E-state index in [0.29, 0.717) is 36.9 Å². The Morgan fingerprint density at radius 2 is 1.43 bits per heavy atom. The summed E-state index contributed by atoms with van der Waals surface area (Å²) in [5, 5.41) is 17.2. The van der Waals surface area contributed by atoms with Crippen molar-refractivity contribution in [1.82, 2.24) is 0 Å². The number of nitriles is 2. The van der Waals surface area contributed by atoms with Crippen LogP contribution in [0.5, 0.6) is 0 Å². The monoisotopic (exact) mass is 316 g/mol. The van der Waals surface area contributed by atoms with E-state index in [1.54, 1.807) is 0 Å². The van der Waals surface area contributed by atoms with Crippen LogP contribution in [0.25, 0.3) is 0 Å². The lowest BCUT2D eigenvalue weighted by Gasteiger charge is -2.62. The smallest absolute Gasteiger partial charge is 0.0645 e. The van der Waals surface area contributed by atoms with Gasteiger partial charge in [-0.1, -0.05) is 0 Å². The molecule has 4 saturated carbocycles. The summed E-state index contributed by atoms with van der Waals surface area (Å²) < 4.78 is 11.5. The van der Waals surface area contributed by atoms with Crippen molar-refractivity contribution < 1.29 is 9.47 Å². The van der Waals surface area contributed by atoms with Crippen LogP contribution in [0.3, 0.4) is 0 Å². The van der Waals surface area contributed by atoms with E-state index in [0.717, 1.165) is 31.5 Å². The minimum atomic E-state index is 0.367. The summed E-state index contributed by atoms with van der Waals surface area (Å²) in [6.45, 7) is 2.80. The normalized spacial score (nSPS) is 37.5. The molecule has 23 heavy (non-hydrogen) atoms. The fourth-order valence-corrected chi connectivity index (χ4v) is 6.03. The van der Waals surface area contributed by atoms with Crippen molar-refractivity contribution >= 4 is 0 Å². The molecule has 0 aromatic rings. The minimum Gasteiger partial charge on any atom is -0.380 e. The molecule has 4 nitrogen and oxygen atoms in total. The molecule has 0 aromatic carbocycles. The number of hydrogen-bond donors (Lipinski definition) is 0. The molecule has 0 aliphatic heterocycles. The van der Waals surface area contributed by atoms with Crippen molar-refractivity contribution in [1.29, 1.82) is 10.5 Å². The van der Waals surface area contributed by atoms with E-state index in [4.69, 9.17) is 20.0 Å². The van der Waals surface area contributed by atoms with Gasteiger partial charge in [-0.3, -0.25) is 0 Å². The van der Waals surface area contributed by atoms with Gasteiger partial charge in [0.1, 0.15) is 0 Å². The van der Waals surface area contributed by atoms with E-state index >= 15 is 0 Å². The Balaban J connectivity index is 1.55. The van der Waals surface area contributed by atoms with Crippen molar-refractivity contribution in [3.05, 3.63) is 0 Å². The molecule has 0 amide bonds. The molecular formula is C19H28N2O2. The van der Waals surface area contributed by atoms with Crippen LogP contribution in [-0.2, 0) is 9.47 Å². The first kappa shape index (κ1) is 16.7. The Morgan fingerprint density at radius 1 is 0.826 bits per heavy atom. The van der Waals surface area contributed by atoms with Gasteiger partial charge in [0, 0.05) is 6.61 Å². The van der Waals surface area contributed by atoms with Gasteiger partial charge in [0.25, 0.3) is 0 Å². The van der Waals surface area contributed by atoms with Crippen LogP contribution in [0.1, 0.15) is 57.8 Å². The Kier molecular flexibility index (Phi) is 5.24. The van der Waals surface area contributed by atoms with E-state index in [2.05, 4.69) is 12.1 Å². The molecule has 4 bridgehead atoms. The molecule has 0 aromatic heterocycles. The third kappa shape index (κ3) is 3.87. The summed E-state index contributed by atoms with van der Waals surface area (Å²) in [7, 11) is 0. The highest BCUT2D eigenvalue weighted by Crippen LogP contribution is 2.66. The second kappa shape index (κ2) is 7.20. The summed E-state index contributed by atoms with van der Waals surface area (Å²) >= 11 is 0. The van der Waals surface area contributed by atoms with E-state index < -0.39 is 0 Å². The van der Waals surface area contributed by atoms with Crippen molar-refractivity contribution in [3.8, 4) is 12.1 Å². The van der Waals surface area contributed by atoms with Gasteiger partial charge in [-0.25, -0.2) is 0 Å². The molecular weight excluding hydrogens is 288 g/mol. The molecule has 4 fully saturated rings. The van der Waals surface area contributed by atoms with Crippen LogP contribution in [0.15, 0.2) is 0 Å². The predicted molar refractivity (Wildman–Crippen MR) is 86.3 cm³/mol. The minimum absolute atomic E-state index is 0.367. The lowest BCUT2D eigenvalue weighted by Crippen LogP contribution is -2.53. The van der Waals surface area contributed by atoms with Crippen LogP contribution < -0.4 is 0 Å². The lowest BCUT2D eigenvalue weighted by molar-refractivity contribution is -0.146. The molecule has 126 valence electrons. The summed E-state index contributed by atoms with van der Waals surface area (Å²) in [6, 6.07) is 4.30. The first-order valence-corrected chi connectivity index (χ1v) is 9.09. The number of nitrogens with zero attached hydrogens (tertiary/aromatic N) is 2. The van der Waals surface area contributed by atoms with Crippen LogP contribution in [0, 0.1) is 45.3 Å². The van der Waals surface area contributed by atoms with E-state index in [-0.39, 0.29) is 0 Å². The Morgan fingerprint density at radius 3 is 2.09 bits per heavy atom. The topological polar surface area (TPSA) is 66.0 Å². The summed E-state index contributed by atoms with van der Waals surface area (Å²) in [5.41, 5.74) is 0.821. The quantitative estimate of drug-likeness (QED) is 0.606. The lowest BCUT2D eigenvalue weighted by atomic mass is 9.44. The van der Waals surface area contributed by atoms with Gasteiger partial charge in [-0.15, -0.1) is 0 Å². The maximum atomic E-state index is 8.66. The predicted octanol–water partition coefficient (Wildman–Crippen LogP) is 3.82. The third-order valence-corrected chi connectivity index (χ3v) is 6.20. The van der Waals surface area contributed by atoms with Gasteiger partial charge in [0.05, 0.1) is 44.8 Å². The van der Waals surface area contributed by atoms with Gasteiger partial charge in [-0.2, -0.15) is 10.5 Å². The van der Waals surface area contributed by atoms with Crippen LogP contribution >= 0.6 is 0 Å². The van der Waals surface area contributed by atoms with E-state index in [9.17, 15) is 0 Å². The van der Waals surface area contributed by atoms with Crippen LogP contribution in [0.2, 0.25) is 0 Å². The van der Waals surface area contributed by atoms with Crippen molar-refractivity contribution in [2.75, 3.05) is 26.4 Å². The Bertz CT molecular complexity index is 477. The average molecular weight is 316 g/mol. The maximum Gasteiger partial charge on any atom is 0.0645 e. The highest BCUT2D eigenvalue weighted by Gasteiger charge is 2.57. The molecule has 0 heterocycles.